The standard InChI is InChI=1S/C18H25N3O4/c22-14(23)5-7-20-17(24)16-15-11-4-3-10(8-11)12(15)9-21(16)18(25)13-2-1-6-19-13/h3-4,10-13,15-16,19H,1-2,5-9H2,(H,20,24)(H,22,23)/t10-,11+,12-,13-,15+,16+/m1/s1. The molecule has 7 nitrogen and oxygen atoms in total. The fraction of sp³-hybridized carbons (Fsp3) is 0.722. The first-order valence-electron chi connectivity index (χ1n) is 9.28. The van der Waals surface area contributed by atoms with Crippen molar-refractivity contribution < 1.29 is 19.5 Å². The number of aliphatic carboxylic acids is 1. The molecule has 2 aliphatic carbocycles. The topological polar surface area (TPSA) is 98.7 Å². The van der Waals surface area contributed by atoms with Gasteiger partial charge in [-0.1, -0.05) is 12.2 Å². The van der Waals surface area contributed by atoms with E-state index in [1.165, 1.54) is 0 Å². The molecule has 136 valence electrons. The van der Waals surface area contributed by atoms with E-state index in [1.54, 1.807) is 4.90 Å². The minimum absolute atomic E-state index is 0.0321. The molecule has 0 spiro atoms. The molecule has 2 aliphatic heterocycles. The maximum atomic E-state index is 13.0. The van der Waals surface area contributed by atoms with Gasteiger partial charge in [0.25, 0.3) is 0 Å². The number of carboxylic acid groups (broad SMARTS) is 1. The van der Waals surface area contributed by atoms with Crippen molar-refractivity contribution in [1.29, 1.82) is 0 Å². The van der Waals surface area contributed by atoms with Crippen molar-refractivity contribution in [3.63, 3.8) is 0 Å². The van der Waals surface area contributed by atoms with Crippen molar-refractivity contribution in [3.8, 4) is 0 Å². The second-order valence-electron chi connectivity index (χ2n) is 7.71. The minimum Gasteiger partial charge on any atom is -0.481 e. The second-order valence-corrected chi connectivity index (χ2v) is 7.71. The Balaban J connectivity index is 1.52. The van der Waals surface area contributed by atoms with Crippen LogP contribution in [-0.4, -0.2) is 59.5 Å². The van der Waals surface area contributed by atoms with Crippen LogP contribution in [-0.2, 0) is 14.4 Å². The highest BCUT2D eigenvalue weighted by atomic mass is 16.4. The molecule has 0 aromatic carbocycles. The monoisotopic (exact) mass is 347 g/mol. The van der Waals surface area contributed by atoms with Gasteiger partial charge in [0.05, 0.1) is 12.5 Å². The van der Waals surface area contributed by atoms with Gasteiger partial charge in [0.15, 0.2) is 0 Å². The Morgan fingerprint density at radius 1 is 1.24 bits per heavy atom. The summed E-state index contributed by atoms with van der Waals surface area (Å²) in [6.07, 6.45) is 7.23. The van der Waals surface area contributed by atoms with Gasteiger partial charge in [0.2, 0.25) is 11.8 Å². The van der Waals surface area contributed by atoms with Gasteiger partial charge in [0.1, 0.15) is 6.04 Å². The molecule has 3 N–H and O–H groups in total. The number of carboxylic acids is 1. The van der Waals surface area contributed by atoms with Gasteiger partial charge in [-0.25, -0.2) is 0 Å². The fourth-order valence-corrected chi connectivity index (χ4v) is 5.27. The fourth-order valence-electron chi connectivity index (χ4n) is 5.27. The van der Waals surface area contributed by atoms with E-state index in [9.17, 15) is 14.4 Å². The van der Waals surface area contributed by atoms with Crippen LogP contribution in [0.15, 0.2) is 12.2 Å². The quantitative estimate of drug-likeness (QED) is 0.607. The normalized spacial score (nSPS) is 38.2. The molecular formula is C18H25N3O4. The van der Waals surface area contributed by atoms with E-state index in [0.717, 1.165) is 25.8 Å². The van der Waals surface area contributed by atoms with E-state index in [-0.39, 0.29) is 36.7 Å². The SMILES string of the molecule is O=C(O)CCNC(=O)[C@@H]1[C@@H]2[C@H](CN1C(=O)[C@H]1CCCN1)[C@@H]1C=C[C@H]2C1. The number of rotatable bonds is 5. The molecule has 4 rings (SSSR count). The number of fused-ring (bicyclic) bond motifs is 5. The molecule has 1 saturated carbocycles. The smallest absolute Gasteiger partial charge is 0.305 e. The molecule has 3 fully saturated rings. The molecule has 7 heteroatoms. The summed E-state index contributed by atoms with van der Waals surface area (Å²) in [4.78, 5) is 38.3. The number of nitrogens with zero attached hydrogens (tertiary/aromatic N) is 1. The van der Waals surface area contributed by atoms with Gasteiger partial charge >= 0.3 is 5.97 Å². The molecule has 2 saturated heterocycles. The van der Waals surface area contributed by atoms with Crippen molar-refractivity contribution in [3.05, 3.63) is 12.2 Å². The predicted molar refractivity (Wildman–Crippen MR) is 89.5 cm³/mol. The third-order valence-corrected chi connectivity index (χ3v) is 6.34. The van der Waals surface area contributed by atoms with Crippen molar-refractivity contribution >= 4 is 17.8 Å². The van der Waals surface area contributed by atoms with Crippen LogP contribution in [0.25, 0.3) is 0 Å². The number of carbonyl (C=O) groups is 3. The minimum atomic E-state index is -0.935. The summed E-state index contributed by atoms with van der Waals surface area (Å²) in [5.74, 6) is 0.264. The lowest BCUT2D eigenvalue weighted by Gasteiger charge is -2.30. The summed E-state index contributed by atoms with van der Waals surface area (Å²) in [5.41, 5.74) is 0. The van der Waals surface area contributed by atoms with Crippen LogP contribution in [0.2, 0.25) is 0 Å². The lowest BCUT2D eigenvalue weighted by molar-refractivity contribution is -0.141. The number of hydrogen-bond donors (Lipinski definition) is 3. The van der Waals surface area contributed by atoms with Crippen LogP contribution in [0.1, 0.15) is 25.7 Å². The zero-order chi connectivity index (χ0) is 17.6. The van der Waals surface area contributed by atoms with E-state index >= 15 is 0 Å². The predicted octanol–water partition coefficient (Wildman–Crippen LogP) is -0.0216. The number of amides is 2. The van der Waals surface area contributed by atoms with E-state index in [2.05, 4.69) is 22.8 Å². The molecule has 25 heavy (non-hydrogen) atoms. The Hall–Kier alpha value is -1.89. The highest BCUT2D eigenvalue weighted by molar-refractivity contribution is 5.91. The van der Waals surface area contributed by atoms with Gasteiger partial charge in [0, 0.05) is 13.1 Å². The third-order valence-electron chi connectivity index (χ3n) is 6.34. The van der Waals surface area contributed by atoms with Gasteiger partial charge in [-0.05, 0) is 49.5 Å². The van der Waals surface area contributed by atoms with Gasteiger partial charge in [-0.15, -0.1) is 0 Å². The summed E-state index contributed by atoms with van der Waals surface area (Å²) < 4.78 is 0. The van der Waals surface area contributed by atoms with Crippen LogP contribution >= 0.6 is 0 Å². The first-order valence-corrected chi connectivity index (χ1v) is 9.28. The van der Waals surface area contributed by atoms with Crippen LogP contribution in [0.5, 0.6) is 0 Å². The summed E-state index contributed by atoms with van der Waals surface area (Å²) in [7, 11) is 0. The van der Waals surface area contributed by atoms with Crippen LogP contribution in [0.3, 0.4) is 0 Å². The summed E-state index contributed by atoms with van der Waals surface area (Å²) in [6.45, 7) is 1.60. The van der Waals surface area contributed by atoms with Crippen molar-refractivity contribution in [2.24, 2.45) is 23.7 Å². The van der Waals surface area contributed by atoms with Crippen LogP contribution in [0, 0.1) is 23.7 Å². The molecule has 2 heterocycles. The molecule has 0 radical (unpaired) electrons. The van der Waals surface area contributed by atoms with Gasteiger partial charge in [-0.3, -0.25) is 14.4 Å². The van der Waals surface area contributed by atoms with Crippen molar-refractivity contribution in [2.75, 3.05) is 19.6 Å². The Kier molecular flexibility index (Phi) is 4.27. The lowest BCUT2D eigenvalue weighted by Crippen LogP contribution is -2.53. The zero-order valence-electron chi connectivity index (χ0n) is 14.2. The Morgan fingerprint density at radius 2 is 2.04 bits per heavy atom. The first kappa shape index (κ1) is 16.6. The summed E-state index contributed by atoms with van der Waals surface area (Å²) >= 11 is 0. The number of carbonyl (C=O) groups excluding carboxylic acids is 2. The molecule has 2 bridgehead atoms. The van der Waals surface area contributed by atoms with Gasteiger partial charge in [-0.2, -0.15) is 0 Å². The highest BCUT2D eigenvalue weighted by Crippen LogP contribution is 2.54. The maximum Gasteiger partial charge on any atom is 0.305 e. The number of hydrogen-bond acceptors (Lipinski definition) is 4. The van der Waals surface area contributed by atoms with Crippen LogP contribution < -0.4 is 10.6 Å². The largest absolute Gasteiger partial charge is 0.481 e. The Labute approximate surface area is 146 Å². The molecular weight excluding hydrogens is 322 g/mol. The highest BCUT2D eigenvalue weighted by Gasteiger charge is 2.58. The molecule has 0 aromatic rings. The van der Waals surface area contributed by atoms with Crippen LogP contribution in [0.4, 0.5) is 0 Å². The van der Waals surface area contributed by atoms with E-state index in [1.807, 2.05) is 0 Å². The van der Waals surface area contributed by atoms with E-state index < -0.39 is 12.0 Å². The molecule has 0 unspecified atom stereocenters. The summed E-state index contributed by atoms with van der Waals surface area (Å²) in [5, 5.41) is 14.8. The molecule has 2 amide bonds. The molecule has 6 atom stereocenters. The number of likely N-dealkylation sites (tertiary alicyclic amines) is 1. The number of allylic oxidation sites excluding steroid dienone is 2. The third kappa shape index (κ3) is 2.84. The average Bonchev–Trinajstić information content (AvgIpc) is 3.34. The Morgan fingerprint density at radius 3 is 2.76 bits per heavy atom. The van der Waals surface area contributed by atoms with E-state index in [4.69, 9.17) is 5.11 Å². The average molecular weight is 347 g/mol. The molecule has 4 aliphatic rings. The van der Waals surface area contributed by atoms with E-state index in [0.29, 0.717) is 24.3 Å². The zero-order valence-corrected chi connectivity index (χ0v) is 14.2. The van der Waals surface area contributed by atoms with Crippen molar-refractivity contribution in [1.82, 2.24) is 15.5 Å². The molecule has 0 aromatic heterocycles. The van der Waals surface area contributed by atoms with Gasteiger partial charge < -0.3 is 20.6 Å². The Bertz CT molecular complexity index is 613. The lowest BCUT2D eigenvalue weighted by atomic mass is 9.81. The first-order chi connectivity index (χ1) is 12.1. The second kappa shape index (κ2) is 6.44. The van der Waals surface area contributed by atoms with Crippen molar-refractivity contribution in [2.45, 2.75) is 37.8 Å². The maximum absolute atomic E-state index is 13.0. The summed E-state index contributed by atoms with van der Waals surface area (Å²) in [6, 6.07) is -0.646. The number of nitrogens with one attached hydrogen (secondary N) is 2.